The average Bonchev–Trinajstić information content (AvgIpc) is 2.49. The molecule has 1 aliphatic carbocycles. The molecule has 1 fully saturated rings. The molecule has 1 aromatic carbocycles. The Hall–Kier alpha value is -1.38. The summed E-state index contributed by atoms with van der Waals surface area (Å²) in [5.41, 5.74) is 0.412. The van der Waals surface area contributed by atoms with Crippen LogP contribution in [0.15, 0.2) is 24.3 Å². The molecule has 0 bridgehead atoms. The summed E-state index contributed by atoms with van der Waals surface area (Å²) < 4.78 is 32.1. The van der Waals surface area contributed by atoms with Gasteiger partial charge in [0.2, 0.25) is 5.82 Å². The highest BCUT2D eigenvalue weighted by molar-refractivity contribution is 5.31. The van der Waals surface area contributed by atoms with Gasteiger partial charge in [0.1, 0.15) is 0 Å². The Kier molecular flexibility index (Phi) is 5.77. The standard InChI is InChI=1S/C18H24F2O/c1-13-7-9-14(10-8-13)5-3-4-6-15-11-12-16(21-2)18(20)17(15)19/h3,5,11-14H,4,6-10H2,1-2H3/b5-3+. The number of ether oxygens (including phenoxy) is 1. The van der Waals surface area contributed by atoms with Gasteiger partial charge in [-0.3, -0.25) is 0 Å². The van der Waals surface area contributed by atoms with Gasteiger partial charge in [0.05, 0.1) is 7.11 Å². The zero-order chi connectivity index (χ0) is 15.2. The van der Waals surface area contributed by atoms with Gasteiger partial charge in [-0.05, 0) is 49.1 Å². The van der Waals surface area contributed by atoms with Crippen molar-refractivity contribution in [2.75, 3.05) is 7.11 Å². The summed E-state index contributed by atoms with van der Waals surface area (Å²) in [7, 11) is 1.34. The van der Waals surface area contributed by atoms with E-state index in [1.165, 1.54) is 38.9 Å². The maximum atomic E-state index is 13.8. The summed E-state index contributed by atoms with van der Waals surface area (Å²) in [6, 6.07) is 3.09. The van der Waals surface area contributed by atoms with E-state index < -0.39 is 11.6 Å². The number of rotatable bonds is 5. The van der Waals surface area contributed by atoms with Crippen LogP contribution in [0.2, 0.25) is 0 Å². The van der Waals surface area contributed by atoms with Crippen molar-refractivity contribution < 1.29 is 13.5 Å². The Morgan fingerprint density at radius 2 is 1.86 bits per heavy atom. The van der Waals surface area contributed by atoms with Crippen molar-refractivity contribution in [1.82, 2.24) is 0 Å². The quantitative estimate of drug-likeness (QED) is 0.671. The molecule has 1 saturated carbocycles. The largest absolute Gasteiger partial charge is 0.494 e. The van der Waals surface area contributed by atoms with E-state index in [4.69, 9.17) is 4.74 Å². The molecule has 0 aliphatic heterocycles. The van der Waals surface area contributed by atoms with Gasteiger partial charge in [-0.15, -0.1) is 0 Å². The second kappa shape index (κ2) is 7.58. The molecule has 0 heterocycles. The molecule has 0 saturated heterocycles. The molecule has 116 valence electrons. The molecule has 0 atom stereocenters. The van der Waals surface area contributed by atoms with E-state index >= 15 is 0 Å². The summed E-state index contributed by atoms with van der Waals surface area (Å²) in [6.07, 6.45) is 10.7. The number of hydrogen-bond donors (Lipinski definition) is 0. The summed E-state index contributed by atoms with van der Waals surface area (Å²) in [6.45, 7) is 2.31. The van der Waals surface area contributed by atoms with E-state index in [2.05, 4.69) is 19.1 Å². The van der Waals surface area contributed by atoms with Crippen LogP contribution in [-0.2, 0) is 6.42 Å². The van der Waals surface area contributed by atoms with E-state index in [1.54, 1.807) is 6.07 Å². The van der Waals surface area contributed by atoms with Gasteiger partial charge in [0.15, 0.2) is 11.6 Å². The molecule has 0 unspecified atom stereocenters. The molecule has 0 spiro atoms. The van der Waals surface area contributed by atoms with Crippen LogP contribution in [0.5, 0.6) is 5.75 Å². The van der Waals surface area contributed by atoms with Gasteiger partial charge in [-0.25, -0.2) is 4.39 Å². The average molecular weight is 294 g/mol. The molecule has 0 aromatic heterocycles. The summed E-state index contributed by atoms with van der Waals surface area (Å²) in [4.78, 5) is 0. The lowest BCUT2D eigenvalue weighted by atomic mass is 9.83. The first-order valence-electron chi connectivity index (χ1n) is 7.79. The molecule has 0 amide bonds. The van der Waals surface area contributed by atoms with Crippen LogP contribution in [0, 0.1) is 23.5 Å². The van der Waals surface area contributed by atoms with Crippen molar-refractivity contribution in [1.29, 1.82) is 0 Å². The van der Waals surface area contributed by atoms with E-state index in [1.807, 2.05) is 0 Å². The number of methoxy groups -OCH3 is 1. The fourth-order valence-corrected chi connectivity index (χ4v) is 2.93. The normalized spacial score (nSPS) is 22.7. The highest BCUT2D eigenvalue weighted by Crippen LogP contribution is 2.29. The minimum absolute atomic E-state index is 0.0388. The van der Waals surface area contributed by atoms with Gasteiger partial charge in [-0.1, -0.05) is 38.0 Å². The fraction of sp³-hybridized carbons (Fsp3) is 0.556. The van der Waals surface area contributed by atoms with Gasteiger partial charge in [0.25, 0.3) is 0 Å². The van der Waals surface area contributed by atoms with Crippen molar-refractivity contribution in [2.24, 2.45) is 11.8 Å². The Morgan fingerprint density at radius 3 is 2.52 bits per heavy atom. The predicted molar refractivity (Wildman–Crippen MR) is 81.5 cm³/mol. The van der Waals surface area contributed by atoms with Crippen LogP contribution in [0.4, 0.5) is 8.78 Å². The van der Waals surface area contributed by atoms with Gasteiger partial charge >= 0.3 is 0 Å². The monoisotopic (exact) mass is 294 g/mol. The van der Waals surface area contributed by atoms with E-state index in [-0.39, 0.29) is 5.75 Å². The van der Waals surface area contributed by atoms with Gasteiger partial charge in [0, 0.05) is 0 Å². The molecular formula is C18H24F2O. The molecule has 1 nitrogen and oxygen atoms in total. The topological polar surface area (TPSA) is 9.23 Å². The summed E-state index contributed by atoms with van der Waals surface area (Å²) in [5, 5.41) is 0. The minimum Gasteiger partial charge on any atom is -0.494 e. The maximum Gasteiger partial charge on any atom is 0.200 e. The predicted octanol–water partition coefficient (Wildman–Crippen LogP) is 5.29. The van der Waals surface area contributed by atoms with Crippen molar-refractivity contribution in [3.8, 4) is 5.75 Å². The minimum atomic E-state index is -0.889. The molecule has 21 heavy (non-hydrogen) atoms. The van der Waals surface area contributed by atoms with Crippen LogP contribution in [0.1, 0.15) is 44.6 Å². The lowest BCUT2D eigenvalue weighted by molar-refractivity contribution is 0.330. The number of benzene rings is 1. The molecule has 0 N–H and O–H groups in total. The van der Waals surface area contributed by atoms with Crippen LogP contribution in [-0.4, -0.2) is 7.11 Å². The highest BCUT2D eigenvalue weighted by Gasteiger charge is 2.16. The molecule has 3 heteroatoms. The summed E-state index contributed by atoms with van der Waals surface area (Å²) >= 11 is 0. The van der Waals surface area contributed by atoms with Gasteiger partial charge in [-0.2, -0.15) is 4.39 Å². The number of hydrogen-bond acceptors (Lipinski definition) is 1. The van der Waals surface area contributed by atoms with Crippen LogP contribution >= 0.6 is 0 Å². The Labute approximate surface area is 126 Å². The third kappa shape index (κ3) is 4.29. The lowest BCUT2D eigenvalue weighted by Crippen LogP contribution is -2.09. The zero-order valence-corrected chi connectivity index (χ0v) is 12.9. The fourth-order valence-electron chi connectivity index (χ4n) is 2.93. The Balaban J connectivity index is 1.85. The second-order valence-corrected chi connectivity index (χ2v) is 6.04. The van der Waals surface area contributed by atoms with Crippen molar-refractivity contribution in [3.63, 3.8) is 0 Å². The first-order valence-corrected chi connectivity index (χ1v) is 7.79. The van der Waals surface area contributed by atoms with Crippen molar-refractivity contribution in [3.05, 3.63) is 41.5 Å². The number of allylic oxidation sites excluding steroid dienone is 2. The maximum absolute atomic E-state index is 13.8. The Morgan fingerprint density at radius 1 is 1.14 bits per heavy atom. The number of aryl methyl sites for hydroxylation is 1. The van der Waals surface area contributed by atoms with Crippen LogP contribution in [0.25, 0.3) is 0 Å². The smallest absolute Gasteiger partial charge is 0.200 e. The van der Waals surface area contributed by atoms with Crippen molar-refractivity contribution >= 4 is 0 Å². The third-order valence-electron chi connectivity index (χ3n) is 4.40. The van der Waals surface area contributed by atoms with E-state index in [9.17, 15) is 8.78 Å². The van der Waals surface area contributed by atoms with E-state index in [0.717, 1.165) is 12.3 Å². The molecule has 1 aromatic rings. The molecule has 0 radical (unpaired) electrons. The Bertz CT molecular complexity index is 488. The second-order valence-electron chi connectivity index (χ2n) is 6.04. The lowest BCUT2D eigenvalue weighted by Gasteiger charge is -2.23. The van der Waals surface area contributed by atoms with Crippen LogP contribution < -0.4 is 4.74 Å². The first kappa shape index (κ1) is 16.0. The molecule has 1 aliphatic rings. The third-order valence-corrected chi connectivity index (χ3v) is 4.40. The highest BCUT2D eigenvalue weighted by atomic mass is 19.2. The van der Waals surface area contributed by atoms with Crippen molar-refractivity contribution in [2.45, 2.75) is 45.4 Å². The first-order chi connectivity index (χ1) is 10.1. The van der Waals surface area contributed by atoms with Gasteiger partial charge < -0.3 is 4.74 Å². The number of halogens is 2. The summed E-state index contributed by atoms with van der Waals surface area (Å²) in [5.74, 6) is -0.192. The molecule has 2 rings (SSSR count). The SMILES string of the molecule is COc1ccc(CC/C=C/C2CCC(C)CC2)c(F)c1F. The zero-order valence-electron chi connectivity index (χ0n) is 12.9. The van der Waals surface area contributed by atoms with E-state index in [0.29, 0.717) is 17.9 Å². The van der Waals surface area contributed by atoms with Crippen LogP contribution in [0.3, 0.4) is 0 Å². The molecular weight excluding hydrogens is 270 g/mol.